The summed E-state index contributed by atoms with van der Waals surface area (Å²) in [6.45, 7) is 4.37. The van der Waals surface area contributed by atoms with Gasteiger partial charge in [-0.05, 0) is 19.2 Å². The van der Waals surface area contributed by atoms with Gasteiger partial charge in [0, 0.05) is 37.4 Å². The Labute approximate surface area is 107 Å². The predicted octanol–water partition coefficient (Wildman–Crippen LogP) is 1.16. The summed E-state index contributed by atoms with van der Waals surface area (Å²) in [6, 6.07) is 3.69. The van der Waals surface area contributed by atoms with Crippen LogP contribution in [0.5, 0.6) is 0 Å². The van der Waals surface area contributed by atoms with Crippen molar-refractivity contribution in [2.75, 3.05) is 33.3 Å². The molecule has 0 spiro atoms. The average Bonchev–Trinajstić information content (AvgIpc) is 2.30. The highest BCUT2D eigenvalue weighted by molar-refractivity contribution is 6.30. The first kappa shape index (κ1) is 12.8. The molecule has 1 N–H and O–H groups in total. The molecule has 94 valence electrons. The Kier molecular flexibility index (Phi) is 4.74. The fraction of sp³-hybridized carbons (Fsp3) is 0.583. The molecule has 1 aliphatic heterocycles. The van der Waals surface area contributed by atoms with E-state index in [2.05, 4.69) is 22.2 Å². The van der Waals surface area contributed by atoms with E-state index in [0.717, 1.165) is 43.5 Å². The van der Waals surface area contributed by atoms with Gasteiger partial charge in [-0.25, -0.2) is 0 Å². The SMILES string of the molecule is CN(Cc1cc(Cl)ccn1)CC1CNCCO1. The van der Waals surface area contributed by atoms with Gasteiger partial charge in [-0.2, -0.15) is 0 Å². The van der Waals surface area contributed by atoms with Crippen molar-refractivity contribution >= 4 is 11.6 Å². The molecule has 1 saturated heterocycles. The average molecular weight is 256 g/mol. The number of likely N-dealkylation sites (N-methyl/N-ethyl adjacent to an activating group) is 1. The molecule has 4 nitrogen and oxygen atoms in total. The second-order valence-corrected chi connectivity index (χ2v) is 4.80. The summed E-state index contributed by atoms with van der Waals surface area (Å²) in [5.41, 5.74) is 0.990. The lowest BCUT2D eigenvalue weighted by atomic mass is 10.2. The molecule has 0 radical (unpaired) electrons. The largest absolute Gasteiger partial charge is 0.374 e. The topological polar surface area (TPSA) is 37.4 Å². The molecule has 1 aromatic rings. The molecule has 2 rings (SSSR count). The molecule has 0 aliphatic carbocycles. The Morgan fingerprint density at radius 3 is 3.24 bits per heavy atom. The molecule has 17 heavy (non-hydrogen) atoms. The number of aromatic nitrogens is 1. The van der Waals surface area contributed by atoms with Crippen LogP contribution in [0.15, 0.2) is 18.3 Å². The van der Waals surface area contributed by atoms with Crippen LogP contribution in [0.1, 0.15) is 5.69 Å². The van der Waals surface area contributed by atoms with Gasteiger partial charge in [0.2, 0.25) is 0 Å². The third-order valence-corrected chi connectivity index (χ3v) is 2.97. The van der Waals surface area contributed by atoms with E-state index in [1.54, 1.807) is 12.3 Å². The lowest BCUT2D eigenvalue weighted by molar-refractivity contribution is 0.00868. The van der Waals surface area contributed by atoms with Crippen molar-refractivity contribution < 1.29 is 4.74 Å². The van der Waals surface area contributed by atoms with Crippen LogP contribution in [0.2, 0.25) is 5.02 Å². The first-order chi connectivity index (χ1) is 8.24. The highest BCUT2D eigenvalue weighted by atomic mass is 35.5. The minimum atomic E-state index is 0.271. The molecule has 1 atom stereocenters. The first-order valence-corrected chi connectivity index (χ1v) is 6.23. The zero-order chi connectivity index (χ0) is 12.1. The van der Waals surface area contributed by atoms with Gasteiger partial charge in [0.25, 0.3) is 0 Å². The van der Waals surface area contributed by atoms with E-state index in [1.807, 2.05) is 6.07 Å². The van der Waals surface area contributed by atoms with E-state index in [-0.39, 0.29) is 6.10 Å². The number of hydrogen-bond donors (Lipinski definition) is 1. The van der Waals surface area contributed by atoms with Crippen LogP contribution >= 0.6 is 11.6 Å². The van der Waals surface area contributed by atoms with Crippen LogP contribution in [0.25, 0.3) is 0 Å². The number of ether oxygens (including phenoxy) is 1. The number of nitrogens with zero attached hydrogens (tertiary/aromatic N) is 2. The standard InChI is InChI=1S/C12H18ClN3O/c1-16(9-12-7-14-4-5-17-12)8-11-6-10(13)2-3-15-11/h2-3,6,12,14H,4-5,7-9H2,1H3. The van der Waals surface area contributed by atoms with Gasteiger partial charge in [-0.15, -0.1) is 0 Å². The third-order valence-electron chi connectivity index (χ3n) is 2.73. The molecule has 0 amide bonds. The molecule has 1 aromatic heterocycles. The molecule has 1 aliphatic rings. The Balaban J connectivity index is 1.82. The molecular formula is C12H18ClN3O. The van der Waals surface area contributed by atoms with Crippen LogP contribution in [-0.4, -0.2) is 49.3 Å². The quantitative estimate of drug-likeness (QED) is 0.876. The van der Waals surface area contributed by atoms with Crippen molar-refractivity contribution in [1.29, 1.82) is 0 Å². The number of rotatable bonds is 4. The van der Waals surface area contributed by atoms with Crippen molar-refractivity contribution in [3.63, 3.8) is 0 Å². The van der Waals surface area contributed by atoms with Gasteiger partial charge in [-0.1, -0.05) is 11.6 Å². The summed E-state index contributed by atoms with van der Waals surface area (Å²) in [7, 11) is 2.07. The first-order valence-electron chi connectivity index (χ1n) is 5.85. The van der Waals surface area contributed by atoms with E-state index in [4.69, 9.17) is 16.3 Å². The number of nitrogens with one attached hydrogen (secondary N) is 1. The zero-order valence-electron chi connectivity index (χ0n) is 10.0. The van der Waals surface area contributed by atoms with Gasteiger partial charge in [0.1, 0.15) is 0 Å². The summed E-state index contributed by atoms with van der Waals surface area (Å²) in [5, 5.41) is 4.06. The van der Waals surface area contributed by atoms with Gasteiger partial charge in [-0.3, -0.25) is 9.88 Å². The molecule has 1 unspecified atom stereocenters. The van der Waals surface area contributed by atoms with E-state index in [9.17, 15) is 0 Å². The predicted molar refractivity (Wildman–Crippen MR) is 68.2 cm³/mol. The van der Waals surface area contributed by atoms with E-state index in [1.165, 1.54) is 0 Å². The second kappa shape index (κ2) is 6.31. The maximum absolute atomic E-state index is 5.93. The Bertz CT molecular complexity index is 355. The zero-order valence-corrected chi connectivity index (χ0v) is 10.8. The van der Waals surface area contributed by atoms with Crippen molar-refractivity contribution in [3.05, 3.63) is 29.0 Å². The molecule has 5 heteroatoms. The Morgan fingerprint density at radius 1 is 1.65 bits per heavy atom. The normalized spacial score (nSPS) is 20.8. The molecule has 1 fully saturated rings. The highest BCUT2D eigenvalue weighted by Gasteiger charge is 2.15. The maximum Gasteiger partial charge on any atom is 0.0826 e. The van der Waals surface area contributed by atoms with Crippen LogP contribution in [0.3, 0.4) is 0 Å². The van der Waals surface area contributed by atoms with Crippen molar-refractivity contribution in [1.82, 2.24) is 15.2 Å². The van der Waals surface area contributed by atoms with Gasteiger partial charge in [0.15, 0.2) is 0 Å². The molecule has 0 bridgehead atoms. The lowest BCUT2D eigenvalue weighted by Gasteiger charge is -2.27. The van der Waals surface area contributed by atoms with Gasteiger partial charge < -0.3 is 10.1 Å². The van der Waals surface area contributed by atoms with Crippen LogP contribution in [0.4, 0.5) is 0 Å². The summed E-state index contributed by atoms with van der Waals surface area (Å²) < 4.78 is 5.66. The summed E-state index contributed by atoms with van der Waals surface area (Å²) in [6.07, 6.45) is 2.01. The molecular weight excluding hydrogens is 238 g/mol. The number of pyridine rings is 1. The second-order valence-electron chi connectivity index (χ2n) is 4.36. The van der Waals surface area contributed by atoms with Crippen LogP contribution in [0, 0.1) is 0 Å². The van der Waals surface area contributed by atoms with Crippen molar-refractivity contribution in [2.24, 2.45) is 0 Å². The Hall–Kier alpha value is -0.680. The number of morpholine rings is 1. The monoisotopic (exact) mass is 255 g/mol. The highest BCUT2D eigenvalue weighted by Crippen LogP contribution is 2.10. The van der Waals surface area contributed by atoms with Crippen LogP contribution in [-0.2, 0) is 11.3 Å². The van der Waals surface area contributed by atoms with Crippen LogP contribution < -0.4 is 5.32 Å². The Morgan fingerprint density at radius 2 is 2.53 bits per heavy atom. The number of hydrogen-bond acceptors (Lipinski definition) is 4. The molecule has 0 aromatic carbocycles. The fourth-order valence-corrected chi connectivity index (χ4v) is 2.14. The maximum atomic E-state index is 5.93. The van der Waals surface area contributed by atoms with E-state index < -0.39 is 0 Å². The van der Waals surface area contributed by atoms with Crippen molar-refractivity contribution in [2.45, 2.75) is 12.6 Å². The molecule has 2 heterocycles. The van der Waals surface area contributed by atoms with Crippen molar-refractivity contribution in [3.8, 4) is 0 Å². The smallest absolute Gasteiger partial charge is 0.0826 e. The van der Waals surface area contributed by atoms with E-state index >= 15 is 0 Å². The van der Waals surface area contributed by atoms with E-state index in [0.29, 0.717) is 0 Å². The number of halogens is 1. The van der Waals surface area contributed by atoms with Gasteiger partial charge in [0.05, 0.1) is 18.4 Å². The summed E-state index contributed by atoms with van der Waals surface area (Å²) >= 11 is 5.93. The lowest BCUT2D eigenvalue weighted by Crippen LogP contribution is -2.44. The summed E-state index contributed by atoms with van der Waals surface area (Å²) in [5.74, 6) is 0. The third kappa shape index (κ3) is 4.24. The fourth-order valence-electron chi connectivity index (χ4n) is 1.96. The minimum absolute atomic E-state index is 0.271. The van der Waals surface area contributed by atoms with Gasteiger partial charge >= 0.3 is 0 Å². The molecule has 0 saturated carbocycles. The summed E-state index contributed by atoms with van der Waals surface area (Å²) in [4.78, 5) is 6.49. The minimum Gasteiger partial charge on any atom is -0.374 e.